The van der Waals surface area contributed by atoms with Crippen LogP contribution >= 0.6 is 23.2 Å². The second-order valence-electron chi connectivity index (χ2n) is 3.05. The summed E-state index contributed by atoms with van der Waals surface area (Å²) in [5.74, 6) is -1.84. The van der Waals surface area contributed by atoms with Gasteiger partial charge in [-0.25, -0.2) is 14.2 Å². The van der Waals surface area contributed by atoms with Crippen LogP contribution in [0.15, 0.2) is 18.2 Å². The highest BCUT2D eigenvalue weighted by Crippen LogP contribution is 2.30. The van der Waals surface area contributed by atoms with Crippen molar-refractivity contribution in [1.82, 2.24) is 4.98 Å². The van der Waals surface area contributed by atoms with Crippen LogP contribution in [-0.2, 0) is 0 Å². The molecular formula is C10H4Cl2FNO2. The first-order chi connectivity index (χ1) is 7.50. The van der Waals surface area contributed by atoms with Gasteiger partial charge in [0.15, 0.2) is 0 Å². The van der Waals surface area contributed by atoms with Crippen LogP contribution in [0.5, 0.6) is 0 Å². The quantitative estimate of drug-likeness (QED) is 0.854. The molecule has 0 aliphatic carbocycles. The van der Waals surface area contributed by atoms with Crippen molar-refractivity contribution in [3.8, 4) is 0 Å². The first-order valence-corrected chi connectivity index (χ1v) is 4.94. The van der Waals surface area contributed by atoms with Crippen LogP contribution in [0.2, 0.25) is 10.0 Å². The van der Waals surface area contributed by atoms with Gasteiger partial charge in [-0.3, -0.25) is 0 Å². The molecule has 2 aromatic rings. The lowest BCUT2D eigenvalue weighted by Crippen LogP contribution is -2.01. The molecule has 0 unspecified atom stereocenters. The van der Waals surface area contributed by atoms with Crippen LogP contribution in [0, 0.1) is 5.82 Å². The van der Waals surface area contributed by atoms with E-state index in [4.69, 9.17) is 28.3 Å². The smallest absolute Gasteiger partial charge is 0.354 e. The lowest BCUT2D eigenvalue weighted by Gasteiger charge is -2.04. The summed E-state index contributed by atoms with van der Waals surface area (Å²) in [6.07, 6.45) is 0. The highest BCUT2D eigenvalue weighted by Gasteiger charge is 2.14. The van der Waals surface area contributed by atoms with Gasteiger partial charge in [0.2, 0.25) is 0 Å². The molecule has 0 amide bonds. The van der Waals surface area contributed by atoms with Crippen LogP contribution in [-0.4, -0.2) is 16.1 Å². The molecule has 0 bridgehead atoms. The summed E-state index contributed by atoms with van der Waals surface area (Å²) in [6, 6.07) is 3.54. The number of fused-ring (bicyclic) bond motifs is 1. The Morgan fingerprint density at radius 3 is 2.62 bits per heavy atom. The van der Waals surface area contributed by atoms with E-state index < -0.39 is 11.8 Å². The summed E-state index contributed by atoms with van der Waals surface area (Å²) >= 11 is 11.6. The Balaban J connectivity index is 2.92. The van der Waals surface area contributed by atoms with Crippen molar-refractivity contribution in [2.45, 2.75) is 0 Å². The summed E-state index contributed by atoms with van der Waals surface area (Å²) in [4.78, 5) is 14.5. The third-order valence-electron chi connectivity index (χ3n) is 2.03. The van der Waals surface area contributed by atoms with Crippen LogP contribution in [0.4, 0.5) is 4.39 Å². The number of carboxylic acids is 1. The monoisotopic (exact) mass is 259 g/mol. The van der Waals surface area contributed by atoms with Crippen molar-refractivity contribution in [1.29, 1.82) is 0 Å². The van der Waals surface area contributed by atoms with E-state index >= 15 is 0 Å². The number of carbonyl (C=O) groups is 1. The van der Waals surface area contributed by atoms with Gasteiger partial charge in [-0.05, 0) is 18.2 Å². The first kappa shape index (κ1) is 11.1. The van der Waals surface area contributed by atoms with E-state index in [0.717, 1.165) is 12.1 Å². The highest BCUT2D eigenvalue weighted by molar-refractivity contribution is 6.39. The van der Waals surface area contributed by atoms with Gasteiger partial charge in [-0.1, -0.05) is 23.2 Å². The lowest BCUT2D eigenvalue weighted by molar-refractivity contribution is 0.0691. The fourth-order valence-electron chi connectivity index (χ4n) is 1.33. The molecular weight excluding hydrogens is 256 g/mol. The Bertz CT molecular complexity index is 601. The summed E-state index contributed by atoms with van der Waals surface area (Å²) in [5.41, 5.74) is -0.225. The second-order valence-corrected chi connectivity index (χ2v) is 3.86. The van der Waals surface area contributed by atoms with E-state index in [0.29, 0.717) is 0 Å². The molecule has 0 radical (unpaired) electrons. The second kappa shape index (κ2) is 3.88. The fraction of sp³-hybridized carbons (Fsp3) is 0. The molecule has 0 saturated heterocycles. The minimum absolute atomic E-state index is 0.0256. The molecule has 0 fully saturated rings. The predicted octanol–water partition coefficient (Wildman–Crippen LogP) is 3.38. The van der Waals surface area contributed by atoms with Crippen molar-refractivity contribution in [3.05, 3.63) is 39.8 Å². The van der Waals surface area contributed by atoms with Crippen molar-refractivity contribution < 1.29 is 14.3 Å². The Morgan fingerprint density at radius 2 is 2.00 bits per heavy atom. The zero-order valence-electron chi connectivity index (χ0n) is 7.67. The van der Waals surface area contributed by atoms with Gasteiger partial charge >= 0.3 is 5.97 Å². The Labute approximate surface area is 99.4 Å². The minimum atomic E-state index is -1.25. The largest absolute Gasteiger partial charge is 0.477 e. The Hall–Kier alpha value is -1.39. The summed E-state index contributed by atoms with van der Waals surface area (Å²) in [6.45, 7) is 0. The normalized spacial score (nSPS) is 10.7. The zero-order chi connectivity index (χ0) is 11.9. The number of hydrogen-bond donors (Lipinski definition) is 1. The molecule has 0 saturated carbocycles. The Kier molecular flexibility index (Phi) is 2.69. The highest BCUT2D eigenvalue weighted by atomic mass is 35.5. The number of halogens is 3. The maximum absolute atomic E-state index is 13.4. The van der Waals surface area contributed by atoms with Gasteiger partial charge in [0.05, 0.1) is 20.9 Å². The maximum Gasteiger partial charge on any atom is 0.354 e. The Morgan fingerprint density at radius 1 is 1.31 bits per heavy atom. The average Bonchev–Trinajstić information content (AvgIpc) is 2.22. The van der Waals surface area contributed by atoms with Gasteiger partial charge in [-0.15, -0.1) is 0 Å². The molecule has 6 heteroatoms. The third kappa shape index (κ3) is 1.70. The van der Waals surface area contributed by atoms with Crippen molar-refractivity contribution >= 4 is 40.1 Å². The molecule has 82 valence electrons. The van der Waals surface area contributed by atoms with Gasteiger partial charge in [0.25, 0.3) is 0 Å². The SMILES string of the molecule is O=C(O)c1cc(Cl)c2c(F)ccc(Cl)c2n1. The van der Waals surface area contributed by atoms with Crippen molar-refractivity contribution in [3.63, 3.8) is 0 Å². The molecule has 16 heavy (non-hydrogen) atoms. The molecule has 2 rings (SSSR count). The van der Waals surface area contributed by atoms with E-state index in [1.165, 1.54) is 6.07 Å². The topological polar surface area (TPSA) is 50.2 Å². The van der Waals surface area contributed by atoms with E-state index in [-0.39, 0.29) is 26.6 Å². The number of pyridine rings is 1. The molecule has 1 aromatic heterocycles. The van der Waals surface area contributed by atoms with Gasteiger partial charge in [0, 0.05) is 0 Å². The number of hydrogen-bond acceptors (Lipinski definition) is 2. The maximum atomic E-state index is 13.4. The fourth-order valence-corrected chi connectivity index (χ4v) is 1.81. The third-order valence-corrected chi connectivity index (χ3v) is 2.63. The predicted molar refractivity (Wildman–Crippen MR) is 58.7 cm³/mol. The number of nitrogens with zero attached hydrogens (tertiary/aromatic N) is 1. The number of carboxylic acid groups (broad SMARTS) is 1. The van der Waals surface area contributed by atoms with E-state index in [1.54, 1.807) is 0 Å². The van der Waals surface area contributed by atoms with E-state index in [1.807, 2.05) is 0 Å². The first-order valence-electron chi connectivity index (χ1n) is 4.18. The summed E-state index contributed by atoms with van der Waals surface area (Å²) < 4.78 is 13.4. The van der Waals surface area contributed by atoms with Gasteiger partial charge in [-0.2, -0.15) is 0 Å². The van der Waals surface area contributed by atoms with Crippen LogP contribution < -0.4 is 0 Å². The number of benzene rings is 1. The van der Waals surface area contributed by atoms with Crippen molar-refractivity contribution in [2.75, 3.05) is 0 Å². The molecule has 0 aliphatic rings. The average molecular weight is 260 g/mol. The van der Waals surface area contributed by atoms with Gasteiger partial charge in [0.1, 0.15) is 11.5 Å². The molecule has 3 nitrogen and oxygen atoms in total. The van der Waals surface area contributed by atoms with Crippen LogP contribution in [0.1, 0.15) is 10.5 Å². The van der Waals surface area contributed by atoms with Crippen molar-refractivity contribution in [2.24, 2.45) is 0 Å². The molecule has 1 aromatic carbocycles. The summed E-state index contributed by atoms with van der Waals surface area (Å²) in [5, 5.41) is 8.93. The lowest BCUT2D eigenvalue weighted by atomic mass is 10.2. The number of aromatic carboxylic acids is 1. The summed E-state index contributed by atoms with van der Waals surface area (Å²) in [7, 11) is 0. The number of rotatable bonds is 1. The van der Waals surface area contributed by atoms with Crippen LogP contribution in [0.25, 0.3) is 10.9 Å². The van der Waals surface area contributed by atoms with E-state index in [2.05, 4.69) is 4.98 Å². The molecule has 0 aliphatic heterocycles. The van der Waals surface area contributed by atoms with E-state index in [9.17, 15) is 9.18 Å². The van der Waals surface area contributed by atoms with Gasteiger partial charge < -0.3 is 5.11 Å². The minimum Gasteiger partial charge on any atom is -0.477 e. The molecule has 0 atom stereocenters. The molecule has 1 N–H and O–H groups in total. The standard InChI is InChI=1S/C10H4Cl2FNO2/c11-4-1-2-6(13)8-5(12)3-7(10(15)16)14-9(4)8/h1-3H,(H,15,16). The number of aromatic nitrogens is 1. The zero-order valence-corrected chi connectivity index (χ0v) is 9.18. The molecule has 1 heterocycles. The molecule has 0 spiro atoms. The van der Waals surface area contributed by atoms with Crippen LogP contribution in [0.3, 0.4) is 0 Å².